The molecular weight excluding hydrogens is 507 g/mol. The molecule has 192 valence electrons. The van der Waals surface area contributed by atoms with Crippen molar-refractivity contribution in [2.45, 2.75) is 79.4 Å². The van der Waals surface area contributed by atoms with E-state index in [1.54, 1.807) is 0 Å². The van der Waals surface area contributed by atoms with Gasteiger partial charge in [-0.1, -0.05) is 0 Å². The third-order valence-corrected chi connectivity index (χ3v) is 4.51. The number of ether oxygens (including phenoxy) is 1. The summed E-state index contributed by atoms with van der Waals surface area (Å²) in [5, 5.41) is 0. The monoisotopic (exact) mass is 518 g/mol. The van der Waals surface area contributed by atoms with E-state index in [9.17, 15) is 74.6 Å². The van der Waals surface area contributed by atoms with E-state index in [0.717, 1.165) is 0 Å². The molecule has 0 spiro atoms. The SMILES string of the molecule is FC(F)(F)CCC(F)(F)C(F)(F)C(F)(F)C(F)(F)C(F)(F)C(F)(F)C(F)(F)C1CCCO1. The van der Waals surface area contributed by atoms with E-state index >= 15 is 0 Å². The van der Waals surface area contributed by atoms with Gasteiger partial charge in [0.25, 0.3) is 0 Å². The van der Waals surface area contributed by atoms with Crippen LogP contribution in [0.15, 0.2) is 0 Å². The Hall–Kier alpha value is -1.23. The summed E-state index contributed by atoms with van der Waals surface area (Å²) in [7, 11) is 0. The van der Waals surface area contributed by atoms with Crippen LogP contribution in [0.1, 0.15) is 25.7 Å². The van der Waals surface area contributed by atoms with Gasteiger partial charge >= 0.3 is 47.6 Å². The first-order valence-electron chi connectivity index (χ1n) is 8.14. The molecule has 0 bridgehead atoms. The molecule has 0 aromatic heterocycles. The predicted octanol–water partition coefficient (Wildman–Crippen LogP) is 6.96. The fourth-order valence-corrected chi connectivity index (χ4v) is 2.55. The molecule has 32 heavy (non-hydrogen) atoms. The van der Waals surface area contributed by atoms with E-state index in [-0.39, 0.29) is 0 Å². The molecule has 0 aliphatic carbocycles. The molecule has 1 aliphatic heterocycles. The van der Waals surface area contributed by atoms with Crippen molar-refractivity contribution in [3.05, 3.63) is 0 Å². The minimum absolute atomic E-state index is 0.502. The molecule has 1 atom stereocenters. The van der Waals surface area contributed by atoms with Crippen LogP contribution in [0.3, 0.4) is 0 Å². The Bertz CT molecular complexity index is 659. The van der Waals surface area contributed by atoms with Gasteiger partial charge in [0.2, 0.25) is 0 Å². The summed E-state index contributed by atoms with van der Waals surface area (Å²) in [6.45, 7) is -0.780. The first kappa shape index (κ1) is 28.8. The first-order chi connectivity index (χ1) is 13.8. The highest BCUT2D eigenvalue weighted by Crippen LogP contribution is 2.63. The maximum Gasteiger partial charge on any atom is 0.389 e. The number of halogens is 17. The zero-order valence-corrected chi connectivity index (χ0v) is 14.9. The number of alkyl halides is 17. The van der Waals surface area contributed by atoms with E-state index in [1.165, 1.54) is 0 Å². The van der Waals surface area contributed by atoms with E-state index in [2.05, 4.69) is 4.74 Å². The Kier molecular flexibility index (Phi) is 7.13. The van der Waals surface area contributed by atoms with Crippen molar-refractivity contribution in [2.75, 3.05) is 6.61 Å². The molecule has 1 rings (SSSR count). The highest BCUT2D eigenvalue weighted by Gasteiger charge is 2.93. The summed E-state index contributed by atoms with van der Waals surface area (Å²) < 4.78 is 229. The van der Waals surface area contributed by atoms with Crippen molar-refractivity contribution >= 4 is 0 Å². The Morgan fingerprint density at radius 1 is 0.531 bits per heavy atom. The summed E-state index contributed by atoms with van der Waals surface area (Å²) in [5.74, 6) is -53.2. The Balaban J connectivity index is 3.45. The molecule has 0 N–H and O–H groups in total. The van der Waals surface area contributed by atoms with E-state index in [4.69, 9.17) is 0 Å². The number of rotatable bonds is 9. The lowest BCUT2D eigenvalue weighted by atomic mass is 9.86. The lowest BCUT2D eigenvalue weighted by molar-refractivity contribution is -0.446. The van der Waals surface area contributed by atoms with Gasteiger partial charge in [0.15, 0.2) is 0 Å². The second-order valence-corrected chi connectivity index (χ2v) is 6.82. The largest absolute Gasteiger partial charge is 0.389 e. The third-order valence-electron chi connectivity index (χ3n) is 4.51. The lowest BCUT2D eigenvalue weighted by Gasteiger charge is -2.43. The van der Waals surface area contributed by atoms with Gasteiger partial charge in [-0.15, -0.1) is 0 Å². The van der Waals surface area contributed by atoms with Crippen LogP contribution in [-0.2, 0) is 4.74 Å². The Morgan fingerprint density at radius 2 is 0.938 bits per heavy atom. The maximum atomic E-state index is 13.7. The normalized spacial score (nSPS) is 20.7. The van der Waals surface area contributed by atoms with Gasteiger partial charge in [0, 0.05) is 19.4 Å². The second-order valence-electron chi connectivity index (χ2n) is 6.82. The van der Waals surface area contributed by atoms with Gasteiger partial charge in [-0.2, -0.15) is 74.6 Å². The molecular formula is C14H11F17O. The minimum Gasteiger partial charge on any atom is -0.372 e. The van der Waals surface area contributed by atoms with Crippen LogP contribution in [0.4, 0.5) is 74.6 Å². The van der Waals surface area contributed by atoms with E-state index in [1.807, 2.05) is 0 Å². The molecule has 1 aliphatic rings. The highest BCUT2D eigenvalue weighted by molar-refractivity contribution is 5.15. The van der Waals surface area contributed by atoms with Crippen LogP contribution >= 0.6 is 0 Å². The van der Waals surface area contributed by atoms with Crippen molar-refractivity contribution in [3.8, 4) is 0 Å². The molecule has 0 saturated carbocycles. The van der Waals surface area contributed by atoms with Gasteiger partial charge in [-0.3, -0.25) is 0 Å². The summed E-state index contributed by atoms with van der Waals surface area (Å²) >= 11 is 0. The molecule has 0 aromatic carbocycles. The summed E-state index contributed by atoms with van der Waals surface area (Å²) in [6.07, 6.45) is -17.0. The predicted molar refractivity (Wildman–Crippen MR) is 68.9 cm³/mol. The molecule has 1 heterocycles. The van der Waals surface area contributed by atoms with E-state index in [0.29, 0.717) is 0 Å². The highest BCUT2D eigenvalue weighted by atomic mass is 19.4. The first-order valence-corrected chi connectivity index (χ1v) is 8.14. The summed E-state index contributed by atoms with van der Waals surface area (Å²) in [4.78, 5) is 0. The Labute approximate surface area is 166 Å². The smallest absolute Gasteiger partial charge is 0.372 e. The van der Waals surface area contributed by atoms with E-state index < -0.39 is 86.0 Å². The lowest BCUT2D eigenvalue weighted by Crippen LogP contribution is -2.74. The van der Waals surface area contributed by atoms with Crippen molar-refractivity contribution in [1.82, 2.24) is 0 Å². The average Bonchev–Trinajstić information content (AvgIpc) is 3.13. The van der Waals surface area contributed by atoms with Gasteiger partial charge in [-0.05, 0) is 12.8 Å². The van der Waals surface area contributed by atoms with Crippen LogP contribution in [0.25, 0.3) is 0 Å². The zero-order chi connectivity index (χ0) is 25.8. The van der Waals surface area contributed by atoms with Crippen molar-refractivity contribution in [2.24, 2.45) is 0 Å². The average molecular weight is 518 g/mol. The molecule has 0 radical (unpaired) electrons. The van der Waals surface area contributed by atoms with Gasteiger partial charge in [0.05, 0.1) is 0 Å². The van der Waals surface area contributed by atoms with Crippen LogP contribution in [0.2, 0.25) is 0 Å². The maximum absolute atomic E-state index is 13.7. The van der Waals surface area contributed by atoms with Crippen molar-refractivity contribution < 1.29 is 79.4 Å². The molecule has 1 nitrogen and oxygen atoms in total. The molecule has 0 aromatic rings. The standard InChI is InChI=1S/C14H11F17O/c15-7(16,3-4-8(17,18)19)10(22,23)12(26,27)14(30,31)13(28,29)11(24,25)9(20,21)6-2-1-5-32-6/h6H,1-5H2. The fourth-order valence-electron chi connectivity index (χ4n) is 2.55. The third kappa shape index (κ3) is 4.19. The van der Waals surface area contributed by atoms with Crippen LogP contribution < -0.4 is 0 Å². The van der Waals surface area contributed by atoms with Gasteiger partial charge in [-0.25, -0.2) is 0 Å². The number of hydrogen-bond acceptors (Lipinski definition) is 1. The van der Waals surface area contributed by atoms with Crippen molar-refractivity contribution in [3.63, 3.8) is 0 Å². The zero-order valence-electron chi connectivity index (χ0n) is 14.9. The molecule has 0 amide bonds. The minimum atomic E-state index is -8.31. The quantitative estimate of drug-likeness (QED) is 0.300. The topological polar surface area (TPSA) is 9.23 Å². The second kappa shape index (κ2) is 7.92. The summed E-state index contributed by atoms with van der Waals surface area (Å²) in [6, 6.07) is 0. The molecule has 1 fully saturated rings. The van der Waals surface area contributed by atoms with Gasteiger partial charge < -0.3 is 4.74 Å². The van der Waals surface area contributed by atoms with Crippen molar-refractivity contribution in [1.29, 1.82) is 0 Å². The number of hydrogen-bond donors (Lipinski definition) is 0. The Morgan fingerprint density at radius 3 is 1.31 bits per heavy atom. The fraction of sp³-hybridized carbons (Fsp3) is 1.00. The summed E-state index contributed by atoms with van der Waals surface area (Å²) in [5.41, 5.74) is 0. The van der Waals surface area contributed by atoms with Crippen LogP contribution in [0.5, 0.6) is 0 Å². The van der Waals surface area contributed by atoms with Crippen LogP contribution in [0, 0.1) is 0 Å². The molecule has 18 heteroatoms. The molecule has 1 saturated heterocycles. The van der Waals surface area contributed by atoms with Gasteiger partial charge in [0.1, 0.15) is 6.10 Å². The van der Waals surface area contributed by atoms with Crippen LogP contribution in [-0.4, -0.2) is 60.3 Å². The molecule has 1 unspecified atom stereocenters.